The Balaban J connectivity index is 1.83. The number of ether oxygens (including phenoxy) is 1. The molecule has 1 saturated heterocycles. The molecule has 1 fully saturated rings. The maximum Gasteiger partial charge on any atom is 0.330 e. The van der Waals surface area contributed by atoms with Gasteiger partial charge in [-0.05, 0) is 18.2 Å². The first-order chi connectivity index (χ1) is 13.7. The molecule has 0 N–H and O–H groups in total. The second-order valence-corrected chi connectivity index (χ2v) is 6.29. The number of rotatable bonds is 3. The number of pyridine rings is 1. The lowest BCUT2D eigenvalue weighted by Crippen LogP contribution is -2.34. The van der Waals surface area contributed by atoms with Gasteiger partial charge in [0.1, 0.15) is 11.8 Å². The molecule has 7 heteroatoms. The van der Waals surface area contributed by atoms with Crippen LogP contribution in [0.1, 0.15) is 5.56 Å². The van der Waals surface area contributed by atoms with Crippen LogP contribution in [0.3, 0.4) is 0 Å². The number of urea groups is 1. The Morgan fingerprint density at radius 2 is 1.96 bits per heavy atom. The number of benzene rings is 2. The van der Waals surface area contributed by atoms with Crippen molar-refractivity contribution in [3.05, 3.63) is 60.4 Å². The molecular formula is C21H15N5O2. The van der Waals surface area contributed by atoms with Gasteiger partial charge in [-0.25, -0.2) is 4.79 Å². The summed E-state index contributed by atoms with van der Waals surface area (Å²) in [4.78, 5) is 20.5. The van der Waals surface area contributed by atoms with Crippen LogP contribution in [0.25, 0.3) is 10.8 Å². The van der Waals surface area contributed by atoms with Gasteiger partial charge >= 0.3 is 6.03 Å². The number of amides is 2. The summed E-state index contributed by atoms with van der Waals surface area (Å²) in [5.74, 6) is 0.460. The molecule has 1 aromatic heterocycles. The number of methoxy groups -OCH3 is 1. The summed E-state index contributed by atoms with van der Waals surface area (Å²) in [5.41, 5.74) is 1.44. The Hall–Kier alpha value is -4.10. The number of aromatic nitrogens is 1. The molecule has 136 valence electrons. The van der Waals surface area contributed by atoms with Crippen LogP contribution in [0, 0.1) is 22.7 Å². The van der Waals surface area contributed by atoms with Crippen LogP contribution in [0.5, 0.6) is 5.75 Å². The zero-order valence-corrected chi connectivity index (χ0v) is 15.0. The maximum atomic E-state index is 13.3. The van der Waals surface area contributed by atoms with Gasteiger partial charge in [-0.15, -0.1) is 0 Å². The average molecular weight is 369 g/mol. The van der Waals surface area contributed by atoms with E-state index in [1.807, 2.05) is 24.3 Å². The standard InChI is InChI=1S/C21H15N5O2/c1-28-20-7-6-14(9-22)8-18(20)25-13-16(10-23)26(21(25)27)19-12-24-11-15-4-2-3-5-17(15)19/h2-8,11-12,16H,13H2,1H3. The fraction of sp³-hybridized carbons (Fsp3) is 0.143. The number of hydrogen-bond acceptors (Lipinski definition) is 5. The molecule has 2 aromatic carbocycles. The van der Waals surface area contributed by atoms with Crippen LogP contribution in [0.4, 0.5) is 16.2 Å². The summed E-state index contributed by atoms with van der Waals surface area (Å²) >= 11 is 0. The van der Waals surface area contributed by atoms with Crippen molar-refractivity contribution in [2.24, 2.45) is 0 Å². The fourth-order valence-corrected chi connectivity index (χ4v) is 3.43. The molecule has 7 nitrogen and oxygen atoms in total. The molecule has 1 unspecified atom stereocenters. The van der Waals surface area contributed by atoms with E-state index >= 15 is 0 Å². The van der Waals surface area contributed by atoms with E-state index in [0.717, 1.165) is 10.8 Å². The quantitative estimate of drug-likeness (QED) is 0.705. The van der Waals surface area contributed by atoms with Crippen molar-refractivity contribution in [3.63, 3.8) is 0 Å². The van der Waals surface area contributed by atoms with Gasteiger partial charge in [0, 0.05) is 17.0 Å². The molecule has 0 radical (unpaired) electrons. The summed E-state index contributed by atoms with van der Waals surface area (Å²) in [6.45, 7) is 0.157. The Morgan fingerprint density at radius 1 is 1.14 bits per heavy atom. The number of fused-ring (bicyclic) bond motifs is 1. The Labute approximate surface area is 161 Å². The lowest BCUT2D eigenvalue weighted by Gasteiger charge is -2.22. The molecule has 0 spiro atoms. The van der Waals surface area contributed by atoms with Gasteiger partial charge in [-0.1, -0.05) is 24.3 Å². The van der Waals surface area contributed by atoms with Gasteiger partial charge in [-0.2, -0.15) is 10.5 Å². The number of hydrogen-bond donors (Lipinski definition) is 0. The number of anilines is 2. The molecule has 2 amide bonds. The minimum absolute atomic E-state index is 0.157. The van der Waals surface area contributed by atoms with Gasteiger partial charge in [0.05, 0.1) is 48.9 Å². The van der Waals surface area contributed by atoms with Crippen LogP contribution in [0.15, 0.2) is 54.9 Å². The van der Waals surface area contributed by atoms with Crippen molar-refractivity contribution in [1.82, 2.24) is 4.98 Å². The fourth-order valence-electron chi connectivity index (χ4n) is 3.43. The summed E-state index contributed by atoms with van der Waals surface area (Å²) in [7, 11) is 1.50. The molecule has 1 aliphatic heterocycles. The highest BCUT2D eigenvalue weighted by atomic mass is 16.5. The number of carbonyl (C=O) groups is 1. The summed E-state index contributed by atoms with van der Waals surface area (Å²) in [6.07, 6.45) is 3.31. The highest BCUT2D eigenvalue weighted by Gasteiger charge is 2.41. The van der Waals surface area contributed by atoms with Crippen molar-refractivity contribution in [2.45, 2.75) is 6.04 Å². The summed E-state index contributed by atoms with van der Waals surface area (Å²) < 4.78 is 5.37. The van der Waals surface area contributed by atoms with Crippen molar-refractivity contribution in [2.75, 3.05) is 23.5 Å². The van der Waals surface area contributed by atoms with Gasteiger partial charge in [0.2, 0.25) is 0 Å². The predicted molar refractivity (Wildman–Crippen MR) is 104 cm³/mol. The Kier molecular flexibility index (Phi) is 4.27. The average Bonchev–Trinajstić information content (AvgIpc) is 3.08. The van der Waals surface area contributed by atoms with Crippen molar-refractivity contribution in [1.29, 1.82) is 10.5 Å². The first-order valence-corrected chi connectivity index (χ1v) is 8.59. The Morgan fingerprint density at radius 3 is 2.71 bits per heavy atom. The van der Waals surface area contributed by atoms with Crippen LogP contribution in [-0.4, -0.2) is 30.7 Å². The van der Waals surface area contributed by atoms with E-state index in [1.165, 1.54) is 16.9 Å². The summed E-state index contributed by atoms with van der Waals surface area (Å²) in [6, 6.07) is 15.6. The molecule has 0 aliphatic carbocycles. The van der Waals surface area contributed by atoms with E-state index in [1.54, 1.807) is 30.6 Å². The zero-order valence-electron chi connectivity index (χ0n) is 15.0. The monoisotopic (exact) mass is 369 g/mol. The topological polar surface area (TPSA) is 93.2 Å². The molecule has 3 aromatic rings. The lowest BCUT2D eigenvalue weighted by atomic mass is 10.1. The largest absolute Gasteiger partial charge is 0.495 e. The van der Waals surface area contributed by atoms with Crippen LogP contribution < -0.4 is 14.5 Å². The van der Waals surface area contributed by atoms with Crippen molar-refractivity contribution < 1.29 is 9.53 Å². The number of nitriles is 2. The van der Waals surface area contributed by atoms with E-state index in [9.17, 15) is 15.3 Å². The molecule has 1 aliphatic rings. The van der Waals surface area contributed by atoms with E-state index < -0.39 is 6.04 Å². The molecule has 28 heavy (non-hydrogen) atoms. The predicted octanol–water partition coefficient (Wildman–Crippen LogP) is 3.45. The van der Waals surface area contributed by atoms with Crippen molar-refractivity contribution in [3.8, 4) is 17.9 Å². The van der Waals surface area contributed by atoms with Crippen LogP contribution in [0.2, 0.25) is 0 Å². The minimum Gasteiger partial charge on any atom is -0.495 e. The highest BCUT2D eigenvalue weighted by molar-refractivity contribution is 6.12. The number of carbonyl (C=O) groups excluding carboxylic acids is 1. The second kappa shape index (κ2) is 6.90. The maximum absolute atomic E-state index is 13.3. The van der Waals surface area contributed by atoms with E-state index in [4.69, 9.17) is 4.74 Å². The normalized spacial score (nSPS) is 16.1. The molecule has 2 heterocycles. The third-order valence-electron chi connectivity index (χ3n) is 4.76. The van der Waals surface area contributed by atoms with Crippen LogP contribution in [-0.2, 0) is 0 Å². The summed E-state index contributed by atoms with van der Waals surface area (Å²) in [5, 5.41) is 20.6. The molecular weight excluding hydrogens is 354 g/mol. The SMILES string of the molecule is COc1ccc(C#N)cc1N1CC(C#N)N(c2cncc3ccccc23)C1=O. The lowest BCUT2D eigenvalue weighted by molar-refractivity contribution is 0.255. The van der Waals surface area contributed by atoms with Crippen LogP contribution >= 0.6 is 0 Å². The van der Waals surface area contributed by atoms with Gasteiger partial charge < -0.3 is 4.74 Å². The third kappa shape index (κ3) is 2.67. The van der Waals surface area contributed by atoms with E-state index in [0.29, 0.717) is 22.7 Å². The zero-order chi connectivity index (χ0) is 19.7. The van der Waals surface area contributed by atoms with Gasteiger partial charge in [-0.3, -0.25) is 14.8 Å². The first kappa shape index (κ1) is 17.3. The van der Waals surface area contributed by atoms with Gasteiger partial charge in [0.15, 0.2) is 0 Å². The molecule has 4 rings (SSSR count). The molecule has 0 bridgehead atoms. The minimum atomic E-state index is -0.699. The van der Waals surface area contributed by atoms with E-state index in [2.05, 4.69) is 17.1 Å². The second-order valence-electron chi connectivity index (χ2n) is 6.29. The highest BCUT2D eigenvalue weighted by Crippen LogP contribution is 2.37. The third-order valence-corrected chi connectivity index (χ3v) is 4.76. The molecule has 1 atom stereocenters. The smallest absolute Gasteiger partial charge is 0.330 e. The Bertz CT molecular complexity index is 1160. The number of nitrogens with zero attached hydrogens (tertiary/aromatic N) is 5. The van der Waals surface area contributed by atoms with Gasteiger partial charge in [0.25, 0.3) is 0 Å². The van der Waals surface area contributed by atoms with Crippen molar-refractivity contribution >= 4 is 28.2 Å². The first-order valence-electron chi connectivity index (χ1n) is 8.59. The van der Waals surface area contributed by atoms with E-state index in [-0.39, 0.29) is 12.6 Å². The molecule has 0 saturated carbocycles.